The third-order valence-corrected chi connectivity index (χ3v) is 1.89. The molecule has 0 bridgehead atoms. The first kappa shape index (κ1) is 13.5. The molecule has 0 spiro atoms. The van der Waals surface area contributed by atoms with Crippen LogP contribution in [0.2, 0.25) is 0 Å². The van der Waals surface area contributed by atoms with Gasteiger partial charge in [0.25, 0.3) is 0 Å². The molecule has 0 saturated carbocycles. The number of rotatable bonds is 7. The number of anilines is 1. The number of hydrogen-bond donors (Lipinski definition) is 1. The molecule has 96 valence electrons. The summed E-state index contributed by atoms with van der Waals surface area (Å²) in [6.45, 7) is 5.56. The molecule has 1 aromatic heterocycles. The van der Waals surface area contributed by atoms with E-state index in [9.17, 15) is 4.79 Å². The fourth-order valence-corrected chi connectivity index (χ4v) is 1.18. The van der Waals surface area contributed by atoms with Crippen molar-refractivity contribution in [2.75, 3.05) is 25.6 Å². The number of esters is 1. The zero-order valence-corrected chi connectivity index (χ0v) is 10.3. The molecule has 1 aromatic rings. The highest BCUT2D eigenvalue weighted by atomic mass is 16.6. The normalized spacial score (nSPS) is 10.8. The minimum Gasteiger partial charge on any atom is -0.462 e. The van der Waals surface area contributed by atoms with Crippen LogP contribution in [-0.2, 0) is 20.8 Å². The molecule has 0 aliphatic rings. The molecule has 0 aromatic carbocycles. The van der Waals surface area contributed by atoms with Gasteiger partial charge in [0.1, 0.15) is 13.2 Å². The number of aromatic nitrogens is 2. The van der Waals surface area contributed by atoms with Gasteiger partial charge in [-0.25, -0.2) is 0 Å². The molecular formula is C11H19N3O3. The summed E-state index contributed by atoms with van der Waals surface area (Å²) in [7, 11) is 0. The Morgan fingerprint density at radius 3 is 2.88 bits per heavy atom. The average Bonchev–Trinajstić information content (AvgIpc) is 2.63. The van der Waals surface area contributed by atoms with Crippen molar-refractivity contribution < 1.29 is 14.3 Å². The van der Waals surface area contributed by atoms with Crippen molar-refractivity contribution in [2.45, 2.75) is 20.4 Å². The summed E-state index contributed by atoms with van der Waals surface area (Å²) < 4.78 is 11.7. The van der Waals surface area contributed by atoms with Crippen LogP contribution < -0.4 is 5.73 Å². The van der Waals surface area contributed by atoms with Crippen LogP contribution in [0.4, 0.5) is 5.69 Å². The molecule has 0 aliphatic carbocycles. The average molecular weight is 241 g/mol. The second-order valence-corrected chi connectivity index (χ2v) is 4.16. The topological polar surface area (TPSA) is 79.4 Å². The van der Waals surface area contributed by atoms with Crippen LogP contribution in [-0.4, -0.2) is 35.6 Å². The summed E-state index contributed by atoms with van der Waals surface area (Å²) >= 11 is 0. The molecule has 0 radical (unpaired) electrons. The molecule has 0 fully saturated rings. The van der Waals surface area contributed by atoms with E-state index in [2.05, 4.69) is 18.9 Å². The minimum absolute atomic E-state index is 0.0708. The largest absolute Gasteiger partial charge is 0.462 e. The lowest BCUT2D eigenvalue weighted by Crippen LogP contribution is -2.17. The van der Waals surface area contributed by atoms with Gasteiger partial charge < -0.3 is 15.2 Å². The number of carbonyl (C=O) groups is 1. The third-order valence-electron chi connectivity index (χ3n) is 1.89. The van der Waals surface area contributed by atoms with Gasteiger partial charge in [-0.1, -0.05) is 13.8 Å². The van der Waals surface area contributed by atoms with Crippen LogP contribution in [0.25, 0.3) is 0 Å². The Kier molecular flexibility index (Phi) is 5.48. The lowest BCUT2D eigenvalue weighted by atomic mass is 10.2. The minimum atomic E-state index is -0.346. The molecule has 0 aliphatic heterocycles. The van der Waals surface area contributed by atoms with Crippen LogP contribution in [0.15, 0.2) is 12.4 Å². The molecule has 1 heterocycles. The standard InChI is InChI=1S/C11H19N3O3/c1-9(2)8-16-3-4-17-11(15)7-14-6-10(12)5-13-14/h5-6,9H,3-4,7-8,12H2,1-2H3. The highest BCUT2D eigenvalue weighted by Crippen LogP contribution is 1.98. The summed E-state index contributed by atoms with van der Waals surface area (Å²) in [5.41, 5.74) is 5.99. The Morgan fingerprint density at radius 1 is 1.53 bits per heavy atom. The van der Waals surface area contributed by atoms with Crippen molar-refractivity contribution in [1.29, 1.82) is 0 Å². The first-order valence-electron chi connectivity index (χ1n) is 5.59. The molecular weight excluding hydrogens is 222 g/mol. The fourth-order valence-electron chi connectivity index (χ4n) is 1.18. The molecule has 6 nitrogen and oxygen atoms in total. The van der Waals surface area contributed by atoms with Gasteiger partial charge in [0.15, 0.2) is 0 Å². The Labute approximate surface area is 101 Å². The first-order chi connectivity index (χ1) is 8.08. The van der Waals surface area contributed by atoms with Gasteiger partial charge in [0.2, 0.25) is 0 Å². The SMILES string of the molecule is CC(C)COCCOC(=O)Cn1cc(N)cn1. The summed E-state index contributed by atoms with van der Waals surface area (Å²) in [6, 6.07) is 0. The lowest BCUT2D eigenvalue weighted by molar-refractivity contribution is -0.146. The van der Waals surface area contributed by atoms with E-state index in [0.717, 1.165) is 0 Å². The molecule has 2 N–H and O–H groups in total. The first-order valence-corrected chi connectivity index (χ1v) is 5.59. The molecule has 6 heteroatoms. The van der Waals surface area contributed by atoms with Gasteiger partial charge in [-0.3, -0.25) is 9.48 Å². The highest BCUT2D eigenvalue weighted by molar-refractivity contribution is 5.69. The Balaban J connectivity index is 2.09. The Bertz CT molecular complexity index is 349. The van der Waals surface area contributed by atoms with E-state index in [1.807, 2.05) is 0 Å². The van der Waals surface area contributed by atoms with Crippen molar-refractivity contribution >= 4 is 11.7 Å². The zero-order valence-electron chi connectivity index (χ0n) is 10.3. The smallest absolute Gasteiger partial charge is 0.327 e. The van der Waals surface area contributed by atoms with Crippen molar-refractivity contribution in [1.82, 2.24) is 9.78 Å². The van der Waals surface area contributed by atoms with Gasteiger partial charge in [-0.05, 0) is 5.92 Å². The lowest BCUT2D eigenvalue weighted by Gasteiger charge is -2.07. The van der Waals surface area contributed by atoms with Crippen LogP contribution >= 0.6 is 0 Å². The van der Waals surface area contributed by atoms with Crippen molar-refractivity contribution in [3.8, 4) is 0 Å². The van der Waals surface area contributed by atoms with Crippen LogP contribution in [0, 0.1) is 5.92 Å². The summed E-state index contributed by atoms with van der Waals surface area (Å²) in [4.78, 5) is 11.3. The summed E-state index contributed by atoms with van der Waals surface area (Å²) in [6.07, 6.45) is 3.07. The summed E-state index contributed by atoms with van der Waals surface area (Å²) in [5, 5.41) is 3.88. The fraction of sp³-hybridized carbons (Fsp3) is 0.636. The number of nitrogens with zero attached hydrogens (tertiary/aromatic N) is 2. The van der Waals surface area contributed by atoms with Gasteiger partial charge in [-0.15, -0.1) is 0 Å². The predicted molar refractivity (Wildman–Crippen MR) is 63.3 cm³/mol. The maximum Gasteiger partial charge on any atom is 0.327 e. The number of nitrogen functional groups attached to an aromatic ring is 1. The maximum atomic E-state index is 11.3. The van der Waals surface area contributed by atoms with Gasteiger partial charge in [0.05, 0.1) is 18.5 Å². The monoisotopic (exact) mass is 241 g/mol. The number of nitrogens with two attached hydrogens (primary N) is 1. The molecule has 0 amide bonds. The highest BCUT2D eigenvalue weighted by Gasteiger charge is 2.05. The molecule has 0 atom stereocenters. The van der Waals surface area contributed by atoms with Crippen molar-refractivity contribution in [3.05, 3.63) is 12.4 Å². The second kappa shape index (κ2) is 6.90. The van der Waals surface area contributed by atoms with Crippen molar-refractivity contribution in [3.63, 3.8) is 0 Å². The molecule has 1 rings (SSSR count). The van der Waals surface area contributed by atoms with Crippen LogP contribution in [0.3, 0.4) is 0 Å². The van der Waals surface area contributed by atoms with E-state index >= 15 is 0 Å². The van der Waals surface area contributed by atoms with Crippen LogP contribution in [0.1, 0.15) is 13.8 Å². The number of ether oxygens (including phenoxy) is 2. The van der Waals surface area contributed by atoms with Crippen molar-refractivity contribution in [2.24, 2.45) is 5.92 Å². The van der Waals surface area contributed by atoms with E-state index in [4.69, 9.17) is 15.2 Å². The number of carbonyl (C=O) groups excluding carboxylic acids is 1. The molecule has 0 unspecified atom stereocenters. The van der Waals surface area contributed by atoms with Crippen LogP contribution in [0.5, 0.6) is 0 Å². The Hall–Kier alpha value is -1.56. The zero-order chi connectivity index (χ0) is 12.7. The van der Waals surface area contributed by atoms with Gasteiger partial charge in [-0.2, -0.15) is 5.10 Å². The third kappa shape index (κ3) is 5.91. The second-order valence-electron chi connectivity index (χ2n) is 4.16. The van der Waals surface area contributed by atoms with E-state index in [1.165, 1.54) is 10.9 Å². The molecule has 0 saturated heterocycles. The van der Waals surface area contributed by atoms with E-state index in [0.29, 0.717) is 24.8 Å². The number of hydrogen-bond acceptors (Lipinski definition) is 5. The van der Waals surface area contributed by atoms with E-state index in [1.54, 1.807) is 6.20 Å². The quantitative estimate of drug-likeness (QED) is 0.561. The summed E-state index contributed by atoms with van der Waals surface area (Å²) in [5.74, 6) is 0.138. The Morgan fingerprint density at radius 2 is 2.29 bits per heavy atom. The van der Waals surface area contributed by atoms with E-state index < -0.39 is 0 Å². The van der Waals surface area contributed by atoms with E-state index in [-0.39, 0.29) is 19.1 Å². The molecule has 17 heavy (non-hydrogen) atoms. The predicted octanol–water partition coefficient (Wildman–Crippen LogP) is 0.681. The van der Waals surface area contributed by atoms with Gasteiger partial charge in [0, 0.05) is 12.8 Å². The van der Waals surface area contributed by atoms with Gasteiger partial charge >= 0.3 is 5.97 Å². The maximum absolute atomic E-state index is 11.3.